The number of guanidine groups is 2. The van der Waals surface area contributed by atoms with Crippen LogP contribution < -0.4 is 60.6 Å². The lowest BCUT2D eigenvalue weighted by molar-refractivity contribution is -0.144. The van der Waals surface area contributed by atoms with E-state index < -0.39 is 102 Å². The maximum absolute atomic E-state index is 13.6. The van der Waals surface area contributed by atoms with Crippen LogP contribution >= 0.6 is 0 Å². The molecular formula is C36H65N13O12. The van der Waals surface area contributed by atoms with Crippen molar-refractivity contribution in [2.45, 2.75) is 135 Å². The van der Waals surface area contributed by atoms with Crippen LogP contribution in [0.5, 0.6) is 0 Å². The normalized spacial score (nSPS) is 14.4. The van der Waals surface area contributed by atoms with Gasteiger partial charge in [0.1, 0.15) is 36.3 Å². The molecule has 25 nitrogen and oxygen atoms in total. The van der Waals surface area contributed by atoms with Crippen molar-refractivity contribution in [3.8, 4) is 0 Å². The quantitative estimate of drug-likeness (QED) is 0.0185. The highest BCUT2D eigenvalue weighted by molar-refractivity contribution is 5.97. The molecular weight excluding hydrogens is 806 g/mol. The van der Waals surface area contributed by atoms with Crippen molar-refractivity contribution in [3.63, 3.8) is 0 Å². The zero-order valence-corrected chi connectivity index (χ0v) is 35.3. The molecule has 25 heteroatoms. The molecule has 0 aliphatic rings. The molecule has 61 heavy (non-hydrogen) atoms. The van der Waals surface area contributed by atoms with Gasteiger partial charge < -0.3 is 75.9 Å². The van der Waals surface area contributed by atoms with Gasteiger partial charge in [-0.1, -0.05) is 27.7 Å². The van der Waals surface area contributed by atoms with E-state index in [1.54, 1.807) is 27.7 Å². The lowest BCUT2D eigenvalue weighted by atomic mass is 10.0. The average Bonchev–Trinajstić information content (AvgIpc) is 3.13. The summed E-state index contributed by atoms with van der Waals surface area (Å²) in [6.45, 7) is 8.39. The molecule has 19 N–H and O–H groups in total. The van der Waals surface area contributed by atoms with E-state index >= 15 is 0 Å². The molecule has 0 rings (SSSR count). The third-order valence-corrected chi connectivity index (χ3v) is 8.59. The minimum Gasteiger partial charge on any atom is -0.481 e. The Morgan fingerprint density at radius 1 is 0.492 bits per heavy atom. The van der Waals surface area contributed by atoms with Gasteiger partial charge in [0.25, 0.3) is 0 Å². The molecule has 6 amide bonds. The Hall–Kier alpha value is -6.27. The average molecular weight is 872 g/mol. The molecule has 0 saturated heterocycles. The van der Waals surface area contributed by atoms with E-state index in [0.29, 0.717) is 0 Å². The lowest BCUT2D eigenvalue weighted by Gasteiger charge is -2.27. The van der Waals surface area contributed by atoms with E-state index in [1.165, 1.54) is 6.92 Å². The predicted molar refractivity (Wildman–Crippen MR) is 221 cm³/mol. The maximum Gasteiger partial charge on any atom is 0.326 e. The Kier molecular flexibility index (Phi) is 25.3. The summed E-state index contributed by atoms with van der Waals surface area (Å²) in [5, 5.41) is 42.6. The second-order valence-electron chi connectivity index (χ2n) is 15.2. The van der Waals surface area contributed by atoms with Crippen molar-refractivity contribution in [1.29, 1.82) is 0 Å². The number of aliphatic imine (C=N–C) groups is 2. The van der Waals surface area contributed by atoms with Crippen LogP contribution in [-0.4, -0.2) is 136 Å². The predicted octanol–water partition coefficient (Wildman–Crippen LogP) is -4.13. The molecule has 346 valence electrons. The molecule has 0 spiro atoms. The molecule has 7 atom stereocenters. The number of carbonyl (C=O) groups is 9. The SMILES string of the molecule is CC(C)C[C@H](NC(=O)[C@H](C)NC(=O)[C@H](CCCN=C(N)N)NC(=O)[C@H](CC(C)C)NC(=O)[C@@H](N)CCC(=O)O)C(=O)N[C@@H](CC(=O)O)C(=O)N[C@@H](CCCN=C(N)N)C(=O)O. The Labute approximate surface area is 353 Å². The number of rotatable bonds is 30. The highest BCUT2D eigenvalue weighted by Gasteiger charge is 2.34. The third-order valence-electron chi connectivity index (χ3n) is 8.59. The first-order valence-electron chi connectivity index (χ1n) is 19.7. The Morgan fingerprint density at radius 3 is 1.31 bits per heavy atom. The van der Waals surface area contributed by atoms with Gasteiger partial charge in [0.15, 0.2) is 11.9 Å². The van der Waals surface area contributed by atoms with E-state index in [-0.39, 0.29) is 88.2 Å². The number of aliphatic carboxylic acids is 3. The van der Waals surface area contributed by atoms with Gasteiger partial charge in [0.05, 0.1) is 12.5 Å². The first-order valence-corrected chi connectivity index (χ1v) is 19.7. The Balaban J connectivity index is 6.16. The van der Waals surface area contributed by atoms with Gasteiger partial charge in [-0.25, -0.2) is 4.79 Å². The van der Waals surface area contributed by atoms with Gasteiger partial charge in [0, 0.05) is 19.5 Å². The zero-order chi connectivity index (χ0) is 47.0. The number of nitrogens with zero attached hydrogens (tertiary/aromatic N) is 2. The fourth-order valence-electron chi connectivity index (χ4n) is 5.51. The second kappa shape index (κ2) is 28.2. The van der Waals surface area contributed by atoms with E-state index in [1.807, 2.05) is 0 Å². The van der Waals surface area contributed by atoms with E-state index in [2.05, 4.69) is 41.9 Å². The topological polar surface area (TPSA) is 441 Å². The van der Waals surface area contributed by atoms with Gasteiger partial charge in [0.2, 0.25) is 35.4 Å². The van der Waals surface area contributed by atoms with Crippen LogP contribution in [-0.2, 0) is 43.2 Å². The monoisotopic (exact) mass is 871 g/mol. The van der Waals surface area contributed by atoms with Crippen LogP contribution in [0.25, 0.3) is 0 Å². The molecule has 0 heterocycles. The van der Waals surface area contributed by atoms with Crippen molar-refractivity contribution < 1.29 is 58.5 Å². The number of hydrogen-bond acceptors (Lipinski definition) is 12. The van der Waals surface area contributed by atoms with Crippen LogP contribution in [0.15, 0.2) is 9.98 Å². The summed E-state index contributed by atoms with van der Waals surface area (Å²) in [5.74, 6) is -10.3. The number of nitrogens with one attached hydrogen (secondary N) is 6. The van der Waals surface area contributed by atoms with Gasteiger partial charge in [-0.15, -0.1) is 0 Å². The summed E-state index contributed by atoms with van der Waals surface area (Å²) in [4.78, 5) is 122. The summed E-state index contributed by atoms with van der Waals surface area (Å²) in [6, 6.07) is -9.70. The van der Waals surface area contributed by atoms with Crippen LogP contribution in [0.1, 0.15) is 92.4 Å². The molecule has 0 fully saturated rings. The Morgan fingerprint density at radius 2 is 0.885 bits per heavy atom. The number of hydrogen-bond donors (Lipinski definition) is 14. The molecule has 0 aliphatic heterocycles. The van der Waals surface area contributed by atoms with Crippen LogP contribution in [0, 0.1) is 11.8 Å². The third kappa shape index (κ3) is 24.4. The summed E-state index contributed by atoms with van der Waals surface area (Å²) in [6.07, 6.45) is -1.31. The standard InChI is InChI=1S/C36H65N13O12/c1-17(2)14-23(32(58)49-25(16-27(52)53)33(59)46-22(34(60)61)9-7-13-43-36(40)41)47-28(54)19(5)44-30(56)21(8-6-12-42-35(38)39)45-31(57)24(15-18(3)4)48-29(55)20(37)10-11-26(50)51/h17-25H,6-16,37H2,1-5H3,(H,44,56)(H,45,57)(H,46,59)(H,47,54)(H,48,55)(H,49,58)(H,50,51)(H,52,53)(H,60,61)(H4,38,39,42)(H4,40,41,43)/t19-,20-,21-,22-,23-,24-,25-/m0/s1. The molecule has 0 bridgehead atoms. The zero-order valence-electron chi connectivity index (χ0n) is 35.3. The molecule has 0 saturated carbocycles. The van der Waals surface area contributed by atoms with Crippen molar-refractivity contribution in [2.24, 2.45) is 50.5 Å². The highest BCUT2D eigenvalue weighted by atomic mass is 16.4. The molecule has 0 aromatic carbocycles. The van der Waals surface area contributed by atoms with Crippen LogP contribution in [0.2, 0.25) is 0 Å². The van der Waals surface area contributed by atoms with Crippen molar-refractivity contribution in [3.05, 3.63) is 0 Å². The van der Waals surface area contributed by atoms with Gasteiger partial charge >= 0.3 is 17.9 Å². The number of carboxylic acids is 3. The number of carbonyl (C=O) groups excluding carboxylic acids is 6. The molecule has 0 aliphatic carbocycles. The van der Waals surface area contributed by atoms with Crippen LogP contribution in [0.4, 0.5) is 0 Å². The summed E-state index contributed by atoms with van der Waals surface area (Å²) >= 11 is 0. The summed E-state index contributed by atoms with van der Waals surface area (Å²) < 4.78 is 0. The fraction of sp³-hybridized carbons (Fsp3) is 0.694. The highest BCUT2D eigenvalue weighted by Crippen LogP contribution is 2.10. The summed E-state index contributed by atoms with van der Waals surface area (Å²) in [7, 11) is 0. The first-order chi connectivity index (χ1) is 28.3. The van der Waals surface area contributed by atoms with E-state index in [9.17, 15) is 53.4 Å². The van der Waals surface area contributed by atoms with E-state index in [0.717, 1.165) is 0 Å². The van der Waals surface area contributed by atoms with Gasteiger partial charge in [-0.3, -0.25) is 48.3 Å². The number of amides is 6. The van der Waals surface area contributed by atoms with Gasteiger partial charge in [-0.2, -0.15) is 0 Å². The minimum atomic E-state index is -1.76. The second-order valence-corrected chi connectivity index (χ2v) is 15.2. The van der Waals surface area contributed by atoms with Gasteiger partial charge in [-0.05, 0) is 63.7 Å². The molecule has 0 aromatic heterocycles. The van der Waals surface area contributed by atoms with E-state index in [4.69, 9.17) is 33.8 Å². The smallest absolute Gasteiger partial charge is 0.326 e. The fourth-order valence-corrected chi connectivity index (χ4v) is 5.51. The minimum absolute atomic E-state index is 0.0193. The molecule has 0 radical (unpaired) electrons. The number of nitrogens with two attached hydrogens (primary N) is 5. The molecule has 0 aromatic rings. The van der Waals surface area contributed by atoms with Crippen molar-refractivity contribution in [1.82, 2.24) is 31.9 Å². The van der Waals surface area contributed by atoms with Crippen LogP contribution in [0.3, 0.4) is 0 Å². The Bertz CT molecular complexity index is 1580. The lowest BCUT2D eigenvalue weighted by Crippen LogP contribution is -2.59. The van der Waals surface area contributed by atoms with Crippen molar-refractivity contribution in [2.75, 3.05) is 13.1 Å². The maximum atomic E-state index is 13.6. The summed E-state index contributed by atoms with van der Waals surface area (Å²) in [5.41, 5.74) is 27.2. The van der Waals surface area contributed by atoms with Crippen molar-refractivity contribution >= 4 is 65.3 Å². The number of carboxylic acid groups (broad SMARTS) is 3. The molecule has 0 unspecified atom stereocenters. The first kappa shape index (κ1) is 54.7. The largest absolute Gasteiger partial charge is 0.481 e.